The van der Waals surface area contributed by atoms with Crippen molar-refractivity contribution in [3.05, 3.63) is 0 Å². The summed E-state index contributed by atoms with van der Waals surface area (Å²) in [5.74, 6) is 1.17. The quantitative estimate of drug-likeness (QED) is 0.495. The van der Waals surface area contributed by atoms with Gasteiger partial charge in [0.05, 0.1) is 5.60 Å². The van der Waals surface area contributed by atoms with E-state index in [0.717, 1.165) is 25.7 Å². The Bertz CT molecular complexity index is 874. The number of hydrogen-bond acceptors (Lipinski definition) is 4. The van der Waals surface area contributed by atoms with Crippen LogP contribution in [0.5, 0.6) is 0 Å². The van der Waals surface area contributed by atoms with Crippen molar-refractivity contribution in [2.24, 2.45) is 45.3 Å². The summed E-state index contributed by atoms with van der Waals surface area (Å²) in [7, 11) is 0. The molecule has 0 unspecified atom stereocenters. The fourth-order valence-corrected chi connectivity index (χ4v) is 10.9. The molecule has 2 N–H and O–H groups in total. The van der Waals surface area contributed by atoms with Gasteiger partial charge in [0.25, 0.3) is 0 Å². The third-order valence-corrected chi connectivity index (χ3v) is 13.2. The van der Waals surface area contributed by atoms with Crippen LogP contribution in [-0.2, 0) is 9.53 Å². The van der Waals surface area contributed by atoms with Gasteiger partial charge in [-0.3, -0.25) is 4.79 Å². The van der Waals surface area contributed by atoms with Crippen LogP contribution in [0, 0.1) is 45.3 Å². The van der Waals surface area contributed by atoms with Gasteiger partial charge in [0.15, 0.2) is 5.79 Å². The maximum Gasteiger partial charge on any atom is 0.194 e. The molecule has 0 aromatic heterocycles. The number of carbonyl (C=O) groups excluding carboxylic acids is 1. The molecule has 4 saturated carbocycles. The molecule has 0 aromatic rings. The predicted molar refractivity (Wildman–Crippen MR) is 134 cm³/mol. The van der Waals surface area contributed by atoms with E-state index in [-0.39, 0.29) is 27.3 Å². The molecule has 1 aliphatic heterocycles. The molecule has 0 radical (unpaired) electrons. The first-order valence-electron chi connectivity index (χ1n) is 14.1. The molecule has 5 fully saturated rings. The van der Waals surface area contributed by atoms with E-state index < -0.39 is 11.4 Å². The third-order valence-electron chi connectivity index (χ3n) is 13.2. The largest absolute Gasteiger partial charge is 0.385 e. The zero-order chi connectivity index (χ0) is 25.2. The average molecular weight is 475 g/mol. The van der Waals surface area contributed by atoms with Gasteiger partial charge in [0, 0.05) is 18.3 Å². The van der Waals surface area contributed by atoms with E-state index in [0.29, 0.717) is 35.9 Å². The molecule has 5 aliphatic rings. The Labute approximate surface area is 207 Å². The van der Waals surface area contributed by atoms with Gasteiger partial charge in [-0.1, -0.05) is 34.6 Å². The second-order valence-electron chi connectivity index (χ2n) is 15.2. The molecular formula is C30H50O4. The van der Waals surface area contributed by atoms with Crippen LogP contribution in [0.4, 0.5) is 0 Å². The topological polar surface area (TPSA) is 66.8 Å². The molecule has 0 aromatic carbocycles. The minimum atomic E-state index is -1.46. The lowest BCUT2D eigenvalue weighted by molar-refractivity contribution is -0.306. The molecule has 9 atom stereocenters. The van der Waals surface area contributed by atoms with E-state index in [1.807, 2.05) is 0 Å². The first-order chi connectivity index (χ1) is 15.4. The SMILES string of the molecule is CC1(C)C(=O)CC[C@@]2(C)[C@@H]1CC[C@]1(C)[C@H]2CC[C@@H]2[C@@H]([C@]3(C)CC[C@](O)(C(C)(C)O)O3)CC[C@]21C. The van der Waals surface area contributed by atoms with Gasteiger partial charge in [-0.15, -0.1) is 0 Å². The Morgan fingerprint density at radius 2 is 1.44 bits per heavy atom. The van der Waals surface area contributed by atoms with Crippen molar-refractivity contribution in [2.75, 3.05) is 0 Å². The molecule has 1 saturated heterocycles. The molecule has 194 valence electrons. The minimum absolute atomic E-state index is 0.197. The fourth-order valence-electron chi connectivity index (χ4n) is 10.9. The molecule has 4 heteroatoms. The van der Waals surface area contributed by atoms with Gasteiger partial charge < -0.3 is 14.9 Å². The highest BCUT2D eigenvalue weighted by atomic mass is 16.7. The second kappa shape index (κ2) is 7.10. The van der Waals surface area contributed by atoms with Crippen LogP contribution >= 0.6 is 0 Å². The summed E-state index contributed by atoms with van der Waals surface area (Å²) in [5.41, 5.74) is -1.09. The zero-order valence-electron chi connectivity index (χ0n) is 23.1. The van der Waals surface area contributed by atoms with Gasteiger partial charge in [-0.05, 0) is 112 Å². The maximum absolute atomic E-state index is 12.9. The van der Waals surface area contributed by atoms with E-state index in [9.17, 15) is 15.0 Å². The van der Waals surface area contributed by atoms with Gasteiger partial charge >= 0.3 is 0 Å². The highest BCUT2D eigenvalue weighted by Crippen LogP contribution is 2.76. The molecule has 0 spiro atoms. The van der Waals surface area contributed by atoms with Crippen LogP contribution in [0.1, 0.15) is 120 Å². The second-order valence-corrected chi connectivity index (χ2v) is 15.2. The molecule has 34 heavy (non-hydrogen) atoms. The zero-order valence-corrected chi connectivity index (χ0v) is 23.1. The first kappa shape index (κ1) is 25.2. The summed E-state index contributed by atoms with van der Waals surface area (Å²) in [5, 5.41) is 21.8. The van der Waals surface area contributed by atoms with E-state index in [1.54, 1.807) is 13.8 Å². The summed E-state index contributed by atoms with van der Waals surface area (Å²) in [6.07, 6.45) is 10.3. The van der Waals surface area contributed by atoms with Crippen molar-refractivity contribution in [1.29, 1.82) is 0 Å². The number of ether oxygens (including phenoxy) is 1. The Balaban J connectivity index is 1.46. The number of Topliss-reactive ketones (excluding diaryl/α,β-unsaturated/α-hetero) is 1. The molecule has 5 rings (SSSR count). The molecule has 0 amide bonds. The van der Waals surface area contributed by atoms with Crippen molar-refractivity contribution in [3.8, 4) is 0 Å². The highest BCUT2D eigenvalue weighted by molar-refractivity contribution is 5.85. The lowest BCUT2D eigenvalue weighted by Crippen LogP contribution is -2.63. The lowest BCUT2D eigenvalue weighted by atomic mass is 9.35. The number of rotatable bonds is 2. The first-order valence-corrected chi connectivity index (χ1v) is 14.1. The molecule has 1 heterocycles. The maximum atomic E-state index is 12.9. The summed E-state index contributed by atoms with van der Waals surface area (Å²) >= 11 is 0. The Kier molecular flexibility index (Phi) is 5.26. The lowest BCUT2D eigenvalue weighted by Gasteiger charge is -2.69. The molecule has 4 aliphatic carbocycles. The predicted octanol–water partition coefficient (Wildman–Crippen LogP) is 6.27. The third kappa shape index (κ3) is 2.97. The van der Waals surface area contributed by atoms with Gasteiger partial charge in [0.2, 0.25) is 0 Å². The van der Waals surface area contributed by atoms with Crippen LogP contribution in [0.3, 0.4) is 0 Å². The summed E-state index contributed by atoms with van der Waals surface area (Å²) in [6, 6.07) is 0. The summed E-state index contributed by atoms with van der Waals surface area (Å²) in [6.45, 7) is 17.7. The highest BCUT2D eigenvalue weighted by Gasteiger charge is 2.70. The number of carbonyl (C=O) groups is 1. The van der Waals surface area contributed by atoms with E-state index in [1.165, 1.54) is 32.1 Å². The summed E-state index contributed by atoms with van der Waals surface area (Å²) in [4.78, 5) is 12.9. The van der Waals surface area contributed by atoms with Crippen LogP contribution < -0.4 is 0 Å². The molecule has 4 nitrogen and oxygen atoms in total. The molecule has 0 bridgehead atoms. The van der Waals surface area contributed by atoms with Crippen molar-refractivity contribution >= 4 is 5.78 Å². The van der Waals surface area contributed by atoms with E-state index >= 15 is 0 Å². The van der Waals surface area contributed by atoms with Crippen LogP contribution in [0.25, 0.3) is 0 Å². The summed E-state index contributed by atoms with van der Waals surface area (Å²) < 4.78 is 6.46. The number of fused-ring (bicyclic) bond motifs is 5. The van der Waals surface area contributed by atoms with Crippen LogP contribution in [-0.4, -0.2) is 33.0 Å². The number of hydrogen-bond donors (Lipinski definition) is 2. The van der Waals surface area contributed by atoms with Crippen molar-refractivity contribution in [3.63, 3.8) is 0 Å². The van der Waals surface area contributed by atoms with Crippen molar-refractivity contribution in [1.82, 2.24) is 0 Å². The average Bonchev–Trinajstić information content (AvgIpc) is 3.24. The van der Waals surface area contributed by atoms with Crippen LogP contribution in [0.15, 0.2) is 0 Å². The van der Waals surface area contributed by atoms with Crippen molar-refractivity contribution in [2.45, 2.75) is 137 Å². The van der Waals surface area contributed by atoms with Crippen LogP contribution in [0.2, 0.25) is 0 Å². The molecular weight excluding hydrogens is 424 g/mol. The Morgan fingerprint density at radius 3 is 2.06 bits per heavy atom. The monoisotopic (exact) mass is 474 g/mol. The normalized spacial score (nSPS) is 54.9. The van der Waals surface area contributed by atoms with Gasteiger partial charge in [0.1, 0.15) is 11.4 Å². The number of aliphatic hydroxyl groups is 2. The Morgan fingerprint density at radius 1 is 0.794 bits per heavy atom. The smallest absolute Gasteiger partial charge is 0.194 e. The number of ketones is 1. The van der Waals surface area contributed by atoms with Gasteiger partial charge in [-0.25, -0.2) is 0 Å². The standard InChI is InChI=1S/C30H50O4/c1-24(2)21-12-16-28(7)22(26(21,5)14-13-23(24)31)10-9-19-20(11-15-27(19,28)6)29(8)17-18-30(33,34-29)25(3,4)32/h19-22,32-33H,9-18H2,1-8H3/t19-,20+,21-,22+,26+,27-,28-,29+,30-/m1/s1. The minimum Gasteiger partial charge on any atom is -0.385 e. The van der Waals surface area contributed by atoms with Gasteiger partial charge in [-0.2, -0.15) is 0 Å². The fraction of sp³-hybridized carbons (Fsp3) is 0.967. The Hall–Kier alpha value is -0.450. The van der Waals surface area contributed by atoms with Crippen molar-refractivity contribution < 1.29 is 19.7 Å². The van der Waals surface area contributed by atoms with E-state index in [4.69, 9.17) is 4.74 Å². The van der Waals surface area contributed by atoms with E-state index in [2.05, 4.69) is 41.5 Å².